The second-order valence-electron chi connectivity index (χ2n) is 4.39. The summed E-state index contributed by atoms with van der Waals surface area (Å²) >= 11 is 0. The van der Waals surface area contributed by atoms with Gasteiger partial charge in [0.25, 0.3) is 5.56 Å². The Kier molecular flexibility index (Phi) is 3.97. The van der Waals surface area contributed by atoms with Gasteiger partial charge in [0.1, 0.15) is 6.61 Å². The van der Waals surface area contributed by atoms with Gasteiger partial charge in [-0.1, -0.05) is 18.2 Å². The smallest absolute Gasteiger partial charge is 0.253 e. The van der Waals surface area contributed by atoms with Crippen LogP contribution in [0.4, 0.5) is 0 Å². The average Bonchev–Trinajstić information content (AvgIpc) is 2.39. The van der Waals surface area contributed by atoms with Crippen LogP contribution in [-0.2, 0) is 16.1 Å². The van der Waals surface area contributed by atoms with Crippen LogP contribution in [0.5, 0.6) is 0 Å². The summed E-state index contributed by atoms with van der Waals surface area (Å²) < 4.78 is 4.79. The molecule has 19 heavy (non-hydrogen) atoms. The van der Waals surface area contributed by atoms with Gasteiger partial charge in [0.15, 0.2) is 0 Å². The molecule has 0 spiro atoms. The summed E-state index contributed by atoms with van der Waals surface area (Å²) in [4.78, 5) is 27.8. The molecule has 0 saturated carbocycles. The van der Waals surface area contributed by atoms with Crippen molar-refractivity contribution in [3.05, 3.63) is 46.2 Å². The second-order valence-corrected chi connectivity index (χ2v) is 4.39. The fourth-order valence-corrected chi connectivity index (χ4v) is 1.89. The number of fused-ring (bicyclic) bond motifs is 1. The van der Waals surface area contributed by atoms with Gasteiger partial charge < -0.3 is 14.6 Å². The van der Waals surface area contributed by atoms with Crippen molar-refractivity contribution < 1.29 is 9.53 Å². The van der Waals surface area contributed by atoms with Crippen molar-refractivity contribution in [2.75, 3.05) is 20.8 Å². The summed E-state index contributed by atoms with van der Waals surface area (Å²) in [5.74, 6) is -0.157. The number of methoxy groups -OCH3 is 1. The highest BCUT2D eigenvalue weighted by atomic mass is 16.5. The van der Waals surface area contributed by atoms with E-state index in [1.165, 1.54) is 12.0 Å². The van der Waals surface area contributed by atoms with Crippen LogP contribution in [0.25, 0.3) is 10.9 Å². The summed E-state index contributed by atoms with van der Waals surface area (Å²) in [6.07, 6.45) is 0. The van der Waals surface area contributed by atoms with Gasteiger partial charge in [-0.2, -0.15) is 0 Å². The van der Waals surface area contributed by atoms with E-state index in [-0.39, 0.29) is 24.6 Å². The first-order valence-corrected chi connectivity index (χ1v) is 5.95. The number of likely N-dealkylation sites (N-methyl/N-ethyl adjacent to an activating group) is 1. The Morgan fingerprint density at radius 2 is 2.11 bits per heavy atom. The van der Waals surface area contributed by atoms with Crippen molar-refractivity contribution in [3.8, 4) is 0 Å². The number of nitrogens with zero attached hydrogens (tertiary/aromatic N) is 1. The largest absolute Gasteiger partial charge is 0.375 e. The summed E-state index contributed by atoms with van der Waals surface area (Å²) in [5.41, 5.74) is 1.18. The molecule has 1 amide bonds. The number of carbonyl (C=O) groups excluding carboxylic acids is 1. The average molecular weight is 260 g/mol. The molecule has 5 heteroatoms. The molecule has 100 valence electrons. The lowest BCUT2D eigenvalue weighted by molar-refractivity contribution is -0.134. The Labute approximate surface area is 110 Å². The van der Waals surface area contributed by atoms with Crippen LogP contribution in [-0.4, -0.2) is 36.6 Å². The zero-order chi connectivity index (χ0) is 13.8. The number of carbonyl (C=O) groups is 1. The quantitative estimate of drug-likeness (QED) is 0.896. The Bertz CT molecular complexity index is 648. The molecule has 1 N–H and O–H groups in total. The SMILES string of the molecule is COCC(=O)N(C)Cc1cc2ccccc2[nH]c1=O. The number of benzene rings is 1. The monoisotopic (exact) mass is 260 g/mol. The number of ether oxygens (including phenoxy) is 1. The molecular formula is C14H16N2O3. The number of para-hydroxylation sites is 1. The number of nitrogens with one attached hydrogen (secondary N) is 1. The highest BCUT2D eigenvalue weighted by Gasteiger charge is 2.11. The van der Waals surface area contributed by atoms with Crippen LogP contribution in [0, 0.1) is 0 Å². The number of aromatic nitrogens is 1. The van der Waals surface area contributed by atoms with E-state index in [1.54, 1.807) is 7.05 Å². The van der Waals surface area contributed by atoms with Crippen molar-refractivity contribution in [3.63, 3.8) is 0 Å². The Hall–Kier alpha value is -2.14. The molecule has 0 aliphatic heterocycles. The van der Waals surface area contributed by atoms with Gasteiger partial charge in [-0.3, -0.25) is 9.59 Å². The summed E-state index contributed by atoms with van der Waals surface area (Å²) in [5, 5.41) is 0.949. The molecule has 5 nitrogen and oxygen atoms in total. The van der Waals surface area contributed by atoms with E-state index in [1.807, 2.05) is 30.3 Å². The van der Waals surface area contributed by atoms with Gasteiger partial charge in [-0.25, -0.2) is 0 Å². The Balaban J connectivity index is 2.28. The van der Waals surface area contributed by atoms with E-state index in [4.69, 9.17) is 4.74 Å². The van der Waals surface area contributed by atoms with Crippen LogP contribution in [0.2, 0.25) is 0 Å². The van der Waals surface area contributed by atoms with Gasteiger partial charge >= 0.3 is 0 Å². The predicted octanol–water partition coefficient (Wildman–Crippen LogP) is 1.13. The molecule has 1 aromatic carbocycles. The third-order valence-electron chi connectivity index (χ3n) is 2.93. The van der Waals surface area contributed by atoms with Gasteiger partial charge in [-0.15, -0.1) is 0 Å². The topological polar surface area (TPSA) is 62.4 Å². The molecule has 0 aliphatic rings. The lowest BCUT2D eigenvalue weighted by Crippen LogP contribution is -2.31. The molecule has 1 heterocycles. The molecule has 0 radical (unpaired) electrons. The first-order chi connectivity index (χ1) is 9.11. The molecule has 0 bridgehead atoms. The van der Waals surface area contributed by atoms with E-state index in [0.29, 0.717) is 5.56 Å². The highest BCUT2D eigenvalue weighted by Crippen LogP contribution is 2.11. The molecule has 1 aromatic heterocycles. The minimum Gasteiger partial charge on any atom is -0.375 e. The maximum atomic E-state index is 11.9. The molecule has 0 fully saturated rings. The van der Waals surface area contributed by atoms with Gasteiger partial charge in [0.2, 0.25) is 5.91 Å². The lowest BCUT2D eigenvalue weighted by atomic mass is 10.1. The first kappa shape index (κ1) is 13.3. The van der Waals surface area contributed by atoms with Gasteiger partial charge in [0.05, 0.1) is 6.54 Å². The molecule has 0 unspecified atom stereocenters. The van der Waals surface area contributed by atoms with E-state index in [2.05, 4.69) is 4.98 Å². The maximum Gasteiger partial charge on any atom is 0.253 e. The zero-order valence-corrected chi connectivity index (χ0v) is 11.0. The molecule has 2 rings (SSSR count). The number of hydrogen-bond donors (Lipinski definition) is 1. The fourth-order valence-electron chi connectivity index (χ4n) is 1.89. The van der Waals surface area contributed by atoms with Crippen molar-refractivity contribution in [1.82, 2.24) is 9.88 Å². The van der Waals surface area contributed by atoms with Crippen molar-refractivity contribution in [2.24, 2.45) is 0 Å². The third kappa shape index (κ3) is 3.00. The standard InChI is InChI=1S/C14H16N2O3/c1-16(13(17)9-19-2)8-11-7-10-5-3-4-6-12(10)15-14(11)18/h3-7H,8-9H2,1-2H3,(H,15,18). The first-order valence-electron chi connectivity index (χ1n) is 5.95. The third-order valence-corrected chi connectivity index (χ3v) is 2.93. The van der Waals surface area contributed by atoms with Crippen LogP contribution >= 0.6 is 0 Å². The van der Waals surface area contributed by atoms with Crippen LogP contribution in [0.15, 0.2) is 35.1 Å². The Morgan fingerprint density at radius 1 is 1.37 bits per heavy atom. The molecule has 0 saturated heterocycles. The fraction of sp³-hybridized carbons (Fsp3) is 0.286. The molecular weight excluding hydrogens is 244 g/mol. The van der Waals surface area contributed by atoms with E-state index < -0.39 is 0 Å². The van der Waals surface area contributed by atoms with Crippen LogP contribution < -0.4 is 5.56 Å². The Morgan fingerprint density at radius 3 is 2.84 bits per heavy atom. The molecule has 0 atom stereocenters. The number of H-pyrrole nitrogens is 1. The zero-order valence-electron chi connectivity index (χ0n) is 11.0. The van der Waals surface area contributed by atoms with Gasteiger partial charge in [0, 0.05) is 25.2 Å². The minimum atomic E-state index is -0.171. The maximum absolute atomic E-state index is 11.9. The van der Waals surface area contributed by atoms with Crippen LogP contribution in [0.1, 0.15) is 5.56 Å². The molecule has 0 aliphatic carbocycles. The highest BCUT2D eigenvalue weighted by molar-refractivity contribution is 5.79. The van der Waals surface area contributed by atoms with Gasteiger partial charge in [-0.05, 0) is 17.5 Å². The lowest BCUT2D eigenvalue weighted by Gasteiger charge is -2.16. The molecule has 2 aromatic rings. The normalized spacial score (nSPS) is 10.6. The van der Waals surface area contributed by atoms with Crippen molar-refractivity contribution in [1.29, 1.82) is 0 Å². The summed E-state index contributed by atoms with van der Waals surface area (Å²) in [6, 6.07) is 9.35. The predicted molar refractivity (Wildman–Crippen MR) is 72.9 cm³/mol. The summed E-state index contributed by atoms with van der Waals surface area (Å²) in [6.45, 7) is 0.282. The second kappa shape index (κ2) is 5.67. The number of hydrogen-bond acceptors (Lipinski definition) is 3. The van der Waals surface area contributed by atoms with Crippen molar-refractivity contribution in [2.45, 2.75) is 6.54 Å². The van der Waals surface area contributed by atoms with Crippen LogP contribution in [0.3, 0.4) is 0 Å². The van der Waals surface area contributed by atoms with Crippen molar-refractivity contribution >= 4 is 16.8 Å². The number of rotatable bonds is 4. The van der Waals surface area contributed by atoms with E-state index >= 15 is 0 Å². The van der Waals surface area contributed by atoms with E-state index in [0.717, 1.165) is 10.9 Å². The number of amides is 1. The number of pyridine rings is 1. The number of aromatic amines is 1. The summed E-state index contributed by atoms with van der Waals surface area (Å²) in [7, 11) is 3.12. The minimum absolute atomic E-state index is 0.0159. The van der Waals surface area contributed by atoms with E-state index in [9.17, 15) is 9.59 Å².